The van der Waals surface area contributed by atoms with E-state index < -0.39 is 0 Å². The molecule has 0 unspecified atom stereocenters. The Morgan fingerprint density at radius 1 is 0.969 bits per heavy atom. The van der Waals surface area contributed by atoms with Gasteiger partial charge in [0.1, 0.15) is 0 Å². The summed E-state index contributed by atoms with van der Waals surface area (Å²) in [5, 5.41) is 0. The molecule has 1 aliphatic carbocycles. The minimum Gasteiger partial charge on any atom is -0.465 e. The van der Waals surface area contributed by atoms with E-state index in [-0.39, 0.29) is 16.8 Å². The summed E-state index contributed by atoms with van der Waals surface area (Å²) < 4.78 is 4.82. The first-order valence-electron chi connectivity index (χ1n) is 12.1. The number of aryl methyl sites for hydroxylation is 1. The van der Waals surface area contributed by atoms with Crippen molar-refractivity contribution in [1.29, 1.82) is 0 Å². The molecule has 1 aliphatic rings. The lowest BCUT2D eigenvalue weighted by atomic mass is 9.62. The van der Waals surface area contributed by atoms with Crippen LogP contribution in [0.4, 0.5) is 0 Å². The van der Waals surface area contributed by atoms with Gasteiger partial charge in [-0.15, -0.1) is 0 Å². The van der Waals surface area contributed by atoms with E-state index in [4.69, 9.17) is 4.74 Å². The number of hydrogen-bond acceptors (Lipinski definition) is 2. The summed E-state index contributed by atoms with van der Waals surface area (Å²) >= 11 is 0. The van der Waals surface area contributed by atoms with E-state index >= 15 is 0 Å². The summed E-state index contributed by atoms with van der Waals surface area (Å²) in [7, 11) is 1.42. The van der Waals surface area contributed by atoms with Crippen LogP contribution in [0.1, 0.15) is 112 Å². The molecule has 0 heterocycles. The van der Waals surface area contributed by atoms with Crippen molar-refractivity contribution in [2.45, 2.75) is 90.9 Å². The highest BCUT2D eigenvalue weighted by Crippen LogP contribution is 2.47. The van der Waals surface area contributed by atoms with Gasteiger partial charge in [0.05, 0.1) is 12.7 Å². The number of hydrogen-bond donors (Lipinski definition) is 0. The van der Waals surface area contributed by atoms with E-state index in [2.05, 4.69) is 59.8 Å². The highest BCUT2D eigenvalue weighted by atomic mass is 16.5. The Morgan fingerprint density at radius 3 is 2.12 bits per heavy atom. The largest absolute Gasteiger partial charge is 0.465 e. The number of unbranched alkanes of at least 4 members (excludes halogenated alkanes) is 2. The highest BCUT2D eigenvalue weighted by molar-refractivity contribution is 5.90. The van der Waals surface area contributed by atoms with Gasteiger partial charge in [-0.05, 0) is 89.0 Å². The number of benzene rings is 2. The summed E-state index contributed by atoms with van der Waals surface area (Å²) in [4.78, 5) is 11.8. The second-order valence-corrected chi connectivity index (χ2v) is 10.7. The van der Waals surface area contributed by atoms with Crippen LogP contribution in [0.2, 0.25) is 0 Å². The fourth-order valence-electron chi connectivity index (χ4n) is 4.96. The van der Waals surface area contributed by atoms with Crippen molar-refractivity contribution in [3.63, 3.8) is 0 Å². The van der Waals surface area contributed by atoms with Crippen LogP contribution in [0.25, 0.3) is 11.6 Å². The Morgan fingerprint density at radius 2 is 1.56 bits per heavy atom. The van der Waals surface area contributed by atoms with Crippen molar-refractivity contribution in [2.75, 3.05) is 7.11 Å². The number of fused-ring (bicyclic) bond motifs is 1. The maximum atomic E-state index is 11.8. The molecule has 0 spiro atoms. The average molecular weight is 433 g/mol. The molecular weight excluding hydrogens is 392 g/mol. The Balaban J connectivity index is 2.06. The van der Waals surface area contributed by atoms with Crippen LogP contribution in [0.5, 0.6) is 0 Å². The maximum Gasteiger partial charge on any atom is 0.337 e. The van der Waals surface area contributed by atoms with Crippen LogP contribution in [-0.4, -0.2) is 13.1 Å². The first kappa shape index (κ1) is 24.3. The van der Waals surface area contributed by atoms with E-state index in [0.717, 1.165) is 12.0 Å². The molecule has 2 heteroatoms. The predicted molar refractivity (Wildman–Crippen MR) is 136 cm³/mol. The van der Waals surface area contributed by atoms with Gasteiger partial charge >= 0.3 is 5.97 Å². The summed E-state index contributed by atoms with van der Waals surface area (Å²) in [6, 6.07) is 12.7. The molecular formula is C30H40O2. The molecule has 0 saturated carbocycles. The predicted octanol–water partition coefficient (Wildman–Crippen LogP) is 8.12. The van der Waals surface area contributed by atoms with Crippen LogP contribution in [0.3, 0.4) is 0 Å². The van der Waals surface area contributed by atoms with Crippen molar-refractivity contribution < 1.29 is 9.53 Å². The van der Waals surface area contributed by atoms with Crippen LogP contribution < -0.4 is 0 Å². The normalized spacial score (nSPS) is 17.0. The number of carbonyl (C=O) groups excluding carboxylic acids is 1. The maximum absolute atomic E-state index is 11.8. The van der Waals surface area contributed by atoms with Gasteiger partial charge in [0.2, 0.25) is 0 Å². The Hall–Kier alpha value is -2.35. The van der Waals surface area contributed by atoms with Crippen LogP contribution in [0.15, 0.2) is 36.4 Å². The number of methoxy groups -OCH3 is 1. The van der Waals surface area contributed by atoms with Crippen molar-refractivity contribution in [2.24, 2.45) is 0 Å². The molecule has 0 atom stereocenters. The topological polar surface area (TPSA) is 26.3 Å². The van der Waals surface area contributed by atoms with Crippen LogP contribution in [-0.2, 0) is 22.0 Å². The van der Waals surface area contributed by atoms with Crippen molar-refractivity contribution >= 4 is 17.6 Å². The zero-order chi connectivity index (χ0) is 23.5. The summed E-state index contributed by atoms with van der Waals surface area (Å²) in [6.07, 6.45) is 9.56. The summed E-state index contributed by atoms with van der Waals surface area (Å²) in [5.41, 5.74) is 9.30. The molecule has 32 heavy (non-hydrogen) atoms. The molecule has 0 N–H and O–H groups in total. The highest BCUT2D eigenvalue weighted by Gasteiger charge is 2.37. The van der Waals surface area contributed by atoms with Gasteiger partial charge < -0.3 is 4.74 Å². The number of carbonyl (C=O) groups is 1. The van der Waals surface area contributed by atoms with E-state index in [1.807, 2.05) is 24.3 Å². The SMILES string of the molecule is CCCCCc1cc2c(cc1/C(C)=C/c1ccc(C(=O)OC)cc1)C(C)(C)CCC2(C)C. The average Bonchev–Trinajstić information content (AvgIpc) is 2.76. The fourth-order valence-corrected chi connectivity index (χ4v) is 4.96. The van der Waals surface area contributed by atoms with Gasteiger partial charge in [0.25, 0.3) is 0 Å². The third kappa shape index (κ3) is 5.17. The lowest BCUT2D eigenvalue weighted by molar-refractivity contribution is 0.0600. The molecule has 0 saturated heterocycles. The van der Waals surface area contributed by atoms with E-state index in [0.29, 0.717) is 5.56 Å². The second kappa shape index (κ2) is 9.65. The molecule has 2 aromatic rings. The molecule has 0 fully saturated rings. The molecule has 0 aliphatic heterocycles. The van der Waals surface area contributed by atoms with Crippen molar-refractivity contribution in [3.05, 3.63) is 69.8 Å². The minimum atomic E-state index is -0.296. The molecule has 2 nitrogen and oxygen atoms in total. The lowest BCUT2D eigenvalue weighted by Crippen LogP contribution is -2.34. The summed E-state index contributed by atoms with van der Waals surface area (Å²) in [6.45, 7) is 14.1. The number of rotatable bonds is 7. The molecule has 0 bridgehead atoms. The lowest BCUT2D eigenvalue weighted by Gasteiger charge is -2.42. The van der Waals surface area contributed by atoms with E-state index in [1.165, 1.54) is 61.5 Å². The van der Waals surface area contributed by atoms with Gasteiger partial charge in [-0.2, -0.15) is 0 Å². The molecule has 172 valence electrons. The van der Waals surface area contributed by atoms with Crippen molar-refractivity contribution in [3.8, 4) is 0 Å². The standard InChI is InChI=1S/C30H40O2/c1-8-9-10-11-24-19-26-27(30(5,6)17-16-29(26,3)4)20-25(24)21(2)18-22-12-14-23(15-13-22)28(31)32-7/h12-15,18-20H,8-11,16-17H2,1-7H3/b21-18+. The van der Waals surface area contributed by atoms with E-state index in [9.17, 15) is 4.79 Å². The van der Waals surface area contributed by atoms with Gasteiger partial charge in [-0.1, -0.05) is 77.8 Å². The zero-order valence-corrected chi connectivity index (χ0v) is 21.1. The zero-order valence-electron chi connectivity index (χ0n) is 21.1. The first-order valence-corrected chi connectivity index (χ1v) is 12.1. The third-order valence-corrected chi connectivity index (χ3v) is 7.27. The molecule has 0 radical (unpaired) electrons. The Labute approximate surface area is 195 Å². The molecule has 3 rings (SSSR count). The quantitative estimate of drug-likeness (QED) is 0.251. The number of esters is 1. The first-order chi connectivity index (χ1) is 15.1. The van der Waals surface area contributed by atoms with Gasteiger partial charge in [0.15, 0.2) is 0 Å². The summed E-state index contributed by atoms with van der Waals surface area (Å²) in [5.74, 6) is -0.296. The monoisotopic (exact) mass is 432 g/mol. The third-order valence-electron chi connectivity index (χ3n) is 7.27. The van der Waals surface area contributed by atoms with Crippen LogP contribution >= 0.6 is 0 Å². The van der Waals surface area contributed by atoms with Gasteiger partial charge in [0, 0.05) is 0 Å². The Kier molecular flexibility index (Phi) is 7.32. The van der Waals surface area contributed by atoms with Gasteiger partial charge in [-0.3, -0.25) is 0 Å². The van der Waals surface area contributed by atoms with E-state index in [1.54, 1.807) is 5.56 Å². The second-order valence-electron chi connectivity index (χ2n) is 10.7. The van der Waals surface area contributed by atoms with Gasteiger partial charge in [-0.25, -0.2) is 4.79 Å². The molecule has 2 aromatic carbocycles. The Bertz CT molecular complexity index is 990. The number of ether oxygens (including phenoxy) is 1. The van der Waals surface area contributed by atoms with Crippen molar-refractivity contribution in [1.82, 2.24) is 0 Å². The molecule has 0 aromatic heterocycles. The fraction of sp³-hybridized carbons (Fsp3) is 0.500. The smallest absolute Gasteiger partial charge is 0.337 e. The van der Waals surface area contributed by atoms with Crippen LogP contribution in [0, 0.1) is 0 Å². The number of allylic oxidation sites excluding steroid dienone is 1. The molecule has 0 amide bonds. The minimum absolute atomic E-state index is 0.198.